The van der Waals surface area contributed by atoms with Gasteiger partial charge in [-0.15, -0.1) is 0 Å². The summed E-state index contributed by atoms with van der Waals surface area (Å²) >= 11 is 0. The molecule has 1 aliphatic heterocycles. The third-order valence-electron chi connectivity index (χ3n) is 3.25. The first-order valence-electron chi connectivity index (χ1n) is 5.79. The fraction of sp³-hybridized carbons (Fsp3) is 0.417. The van der Waals surface area contributed by atoms with E-state index in [9.17, 15) is 20.0 Å². The molecule has 0 saturated carbocycles. The number of nitro groups is 1. The summed E-state index contributed by atoms with van der Waals surface area (Å²) < 4.78 is 5.18. The van der Waals surface area contributed by atoms with Gasteiger partial charge in [0, 0.05) is 37.9 Å². The molecule has 2 rings (SSSR count). The number of aliphatic carboxylic acids is 1. The van der Waals surface area contributed by atoms with Crippen molar-refractivity contribution in [2.24, 2.45) is 0 Å². The molecule has 0 radical (unpaired) electrons. The Balaban J connectivity index is 2.31. The number of anilines is 1. The van der Waals surface area contributed by atoms with E-state index >= 15 is 0 Å². The van der Waals surface area contributed by atoms with Crippen LogP contribution in [0.3, 0.4) is 0 Å². The van der Waals surface area contributed by atoms with Crippen molar-refractivity contribution < 1.29 is 19.6 Å². The summed E-state index contributed by atoms with van der Waals surface area (Å²) in [6, 6.07) is 5.26. The molecule has 1 saturated heterocycles. The van der Waals surface area contributed by atoms with E-state index in [0.717, 1.165) is 0 Å². The first-order valence-corrected chi connectivity index (χ1v) is 5.79. The largest absolute Gasteiger partial charge is 0.480 e. The van der Waals surface area contributed by atoms with Crippen LogP contribution in [0.25, 0.3) is 0 Å². The lowest BCUT2D eigenvalue weighted by Gasteiger charge is -2.23. The number of rotatable bonds is 4. The van der Waals surface area contributed by atoms with Gasteiger partial charge in [0.2, 0.25) is 0 Å². The van der Waals surface area contributed by atoms with E-state index in [1.807, 2.05) is 0 Å². The third kappa shape index (κ3) is 2.65. The molecule has 0 aliphatic carbocycles. The number of ether oxygens (including phenoxy) is 1. The quantitative estimate of drug-likeness (QED) is 0.651. The summed E-state index contributed by atoms with van der Waals surface area (Å²) in [6.07, 6.45) is 0.189. The maximum atomic E-state index is 11.2. The Bertz CT molecular complexity index is 505. The zero-order valence-corrected chi connectivity index (χ0v) is 10.4. The predicted molar refractivity (Wildman–Crippen MR) is 67.3 cm³/mol. The number of methoxy groups -OCH3 is 1. The van der Waals surface area contributed by atoms with Crippen LogP contribution in [0.4, 0.5) is 11.4 Å². The molecule has 0 bridgehead atoms. The van der Waals surface area contributed by atoms with E-state index in [2.05, 4.69) is 0 Å². The van der Waals surface area contributed by atoms with Crippen LogP contribution in [0, 0.1) is 10.1 Å². The number of hydrogen-bond donors (Lipinski definition) is 1. The molecular weight excluding hydrogens is 252 g/mol. The predicted octanol–water partition coefficient (Wildman–Crippen LogP) is 1.27. The van der Waals surface area contributed by atoms with Gasteiger partial charge < -0.3 is 14.7 Å². The highest BCUT2D eigenvalue weighted by Crippen LogP contribution is 2.29. The molecule has 1 aliphatic rings. The molecule has 7 nitrogen and oxygen atoms in total. The Morgan fingerprint density at radius 1 is 1.58 bits per heavy atom. The van der Waals surface area contributed by atoms with Crippen LogP contribution < -0.4 is 4.90 Å². The first-order chi connectivity index (χ1) is 9.02. The number of carboxylic acid groups (broad SMARTS) is 1. The smallest absolute Gasteiger partial charge is 0.326 e. The lowest BCUT2D eigenvalue weighted by Crippen LogP contribution is -2.35. The second-order valence-electron chi connectivity index (χ2n) is 4.38. The molecular formula is C12H14N2O5. The standard InChI is InChI=1S/C12H14N2O5/c1-19-10-6-11(12(15)16)13(7-10)8-3-2-4-9(5-8)14(17)18/h2-5,10-11H,6-7H2,1H3,(H,15,16). The van der Waals surface area contributed by atoms with Crippen molar-refractivity contribution >= 4 is 17.3 Å². The second kappa shape index (κ2) is 5.23. The molecule has 102 valence electrons. The van der Waals surface area contributed by atoms with Crippen LogP contribution in [0.2, 0.25) is 0 Å². The van der Waals surface area contributed by atoms with Crippen molar-refractivity contribution in [3.05, 3.63) is 34.4 Å². The van der Waals surface area contributed by atoms with Crippen molar-refractivity contribution in [2.45, 2.75) is 18.6 Å². The highest BCUT2D eigenvalue weighted by Gasteiger charge is 2.37. The average Bonchev–Trinajstić information content (AvgIpc) is 2.83. The maximum Gasteiger partial charge on any atom is 0.326 e. The van der Waals surface area contributed by atoms with Crippen LogP contribution in [0.5, 0.6) is 0 Å². The Labute approximate surface area is 109 Å². The SMILES string of the molecule is COC1CC(C(=O)O)N(c2cccc([N+](=O)[O-])c2)C1. The van der Waals surface area contributed by atoms with E-state index in [1.54, 1.807) is 17.0 Å². The lowest BCUT2D eigenvalue weighted by molar-refractivity contribution is -0.384. The number of non-ortho nitro benzene ring substituents is 1. The van der Waals surface area contributed by atoms with Crippen molar-refractivity contribution in [1.29, 1.82) is 0 Å². The monoisotopic (exact) mass is 266 g/mol. The lowest BCUT2D eigenvalue weighted by atomic mass is 10.2. The number of hydrogen-bond acceptors (Lipinski definition) is 5. The normalized spacial score (nSPS) is 22.5. The molecule has 1 aromatic carbocycles. The maximum absolute atomic E-state index is 11.2. The minimum Gasteiger partial charge on any atom is -0.480 e. The molecule has 7 heteroatoms. The van der Waals surface area contributed by atoms with Gasteiger partial charge in [0.15, 0.2) is 0 Å². The van der Waals surface area contributed by atoms with Crippen LogP contribution in [0.15, 0.2) is 24.3 Å². The van der Waals surface area contributed by atoms with Gasteiger partial charge in [0.1, 0.15) is 6.04 Å². The summed E-state index contributed by atoms with van der Waals surface area (Å²) in [4.78, 5) is 23.1. The number of nitro benzene ring substituents is 1. The van der Waals surface area contributed by atoms with E-state index in [0.29, 0.717) is 18.7 Å². The number of carboxylic acids is 1. The Morgan fingerprint density at radius 3 is 2.89 bits per heavy atom. The van der Waals surface area contributed by atoms with Crippen LogP contribution in [-0.4, -0.2) is 41.8 Å². The van der Waals surface area contributed by atoms with Gasteiger partial charge in [0.05, 0.1) is 11.0 Å². The topological polar surface area (TPSA) is 92.9 Å². The summed E-state index contributed by atoms with van der Waals surface area (Å²) in [6.45, 7) is 0.411. The van der Waals surface area contributed by atoms with E-state index in [-0.39, 0.29) is 11.8 Å². The van der Waals surface area contributed by atoms with Crippen LogP contribution in [-0.2, 0) is 9.53 Å². The highest BCUT2D eigenvalue weighted by atomic mass is 16.6. The van der Waals surface area contributed by atoms with Gasteiger partial charge in [-0.1, -0.05) is 6.07 Å². The summed E-state index contributed by atoms with van der Waals surface area (Å²) in [5, 5.41) is 20.0. The molecule has 2 atom stereocenters. The molecule has 1 fully saturated rings. The molecule has 1 heterocycles. The Kier molecular flexibility index (Phi) is 3.66. The van der Waals surface area contributed by atoms with Crippen molar-refractivity contribution in [3.8, 4) is 0 Å². The molecule has 2 unspecified atom stereocenters. The molecule has 1 aromatic rings. The average molecular weight is 266 g/mol. The first kappa shape index (κ1) is 13.3. The molecule has 0 amide bonds. The minimum absolute atomic E-state index is 0.0532. The van der Waals surface area contributed by atoms with Crippen LogP contribution in [0.1, 0.15) is 6.42 Å². The van der Waals surface area contributed by atoms with Gasteiger partial charge in [-0.2, -0.15) is 0 Å². The van der Waals surface area contributed by atoms with Gasteiger partial charge in [-0.05, 0) is 6.07 Å². The molecule has 0 aromatic heterocycles. The van der Waals surface area contributed by atoms with Gasteiger partial charge in [-0.3, -0.25) is 10.1 Å². The molecule has 0 spiro atoms. The highest BCUT2D eigenvalue weighted by molar-refractivity contribution is 5.79. The molecule has 19 heavy (non-hydrogen) atoms. The number of benzene rings is 1. The zero-order valence-electron chi connectivity index (χ0n) is 10.4. The van der Waals surface area contributed by atoms with Gasteiger partial charge in [0.25, 0.3) is 5.69 Å². The minimum atomic E-state index is -0.953. The Morgan fingerprint density at radius 2 is 2.32 bits per heavy atom. The Hall–Kier alpha value is -2.15. The van der Waals surface area contributed by atoms with E-state index < -0.39 is 16.9 Å². The van der Waals surface area contributed by atoms with Gasteiger partial charge in [-0.25, -0.2) is 4.79 Å². The van der Waals surface area contributed by atoms with Crippen molar-refractivity contribution in [1.82, 2.24) is 0 Å². The number of carbonyl (C=O) groups is 1. The summed E-state index contributed by atoms with van der Waals surface area (Å²) in [5.74, 6) is -0.953. The number of nitrogens with zero attached hydrogens (tertiary/aromatic N) is 2. The van der Waals surface area contributed by atoms with Crippen molar-refractivity contribution in [2.75, 3.05) is 18.6 Å². The van der Waals surface area contributed by atoms with E-state index in [1.165, 1.54) is 19.2 Å². The summed E-state index contributed by atoms with van der Waals surface area (Å²) in [7, 11) is 1.53. The van der Waals surface area contributed by atoms with Crippen molar-refractivity contribution in [3.63, 3.8) is 0 Å². The zero-order chi connectivity index (χ0) is 14.0. The van der Waals surface area contributed by atoms with E-state index in [4.69, 9.17) is 4.74 Å². The fourth-order valence-corrected chi connectivity index (χ4v) is 2.27. The second-order valence-corrected chi connectivity index (χ2v) is 4.38. The molecule has 1 N–H and O–H groups in total. The fourth-order valence-electron chi connectivity index (χ4n) is 2.27. The van der Waals surface area contributed by atoms with Crippen LogP contribution >= 0.6 is 0 Å². The van der Waals surface area contributed by atoms with Gasteiger partial charge >= 0.3 is 5.97 Å². The summed E-state index contributed by atoms with van der Waals surface area (Å²) in [5.41, 5.74) is 0.476. The third-order valence-corrected chi connectivity index (χ3v) is 3.25.